The molecule has 0 aliphatic carbocycles. The molecule has 5 heteroatoms. The van der Waals surface area contributed by atoms with Crippen molar-refractivity contribution >= 4 is 12.0 Å². The Morgan fingerprint density at radius 2 is 1.81 bits per heavy atom. The van der Waals surface area contributed by atoms with Crippen molar-refractivity contribution in [3.05, 3.63) is 35.4 Å². The lowest BCUT2D eigenvalue weighted by Gasteiger charge is -2.25. The van der Waals surface area contributed by atoms with Crippen LogP contribution >= 0.6 is 0 Å². The number of rotatable bonds is 7. The monoisotopic (exact) mass is 292 g/mol. The molecule has 0 unspecified atom stereocenters. The number of urea groups is 1. The zero-order valence-electron chi connectivity index (χ0n) is 12.9. The van der Waals surface area contributed by atoms with Crippen LogP contribution in [0.3, 0.4) is 0 Å². The Balaban J connectivity index is 2.48. The molecule has 1 rings (SSSR count). The largest absolute Gasteiger partial charge is 0.481 e. The van der Waals surface area contributed by atoms with Gasteiger partial charge in [-0.05, 0) is 37.8 Å². The molecule has 116 valence electrons. The Kier molecular flexibility index (Phi) is 6.21. The number of carbonyl (C=O) groups excluding carboxylic acids is 1. The number of carboxylic acid groups (broad SMARTS) is 1. The van der Waals surface area contributed by atoms with Crippen molar-refractivity contribution < 1.29 is 14.7 Å². The second kappa shape index (κ2) is 7.67. The average molecular weight is 292 g/mol. The Morgan fingerprint density at radius 3 is 2.38 bits per heavy atom. The lowest BCUT2D eigenvalue weighted by molar-refractivity contribution is -0.137. The molecule has 3 N–H and O–H groups in total. The van der Waals surface area contributed by atoms with E-state index < -0.39 is 11.5 Å². The summed E-state index contributed by atoms with van der Waals surface area (Å²) < 4.78 is 0. The fourth-order valence-corrected chi connectivity index (χ4v) is 2.08. The van der Waals surface area contributed by atoms with Gasteiger partial charge in [-0.3, -0.25) is 4.79 Å². The third-order valence-electron chi connectivity index (χ3n) is 3.35. The predicted molar refractivity (Wildman–Crippen MR) is 82.1 cm³/mol. The van der Waals surface area contributed by atoms with E-state index in [-0.39, 0.29) is 12.5 Å². The first-order valence-electron chi connectivity index (χ1n) is 7.18. The van der Waals surface area contributed by atoms with Crippen molar-refractivity contribution in [1.29, 1.82) is 0 Å². The summed E-state index contributed by atoms with van der Waals surface area (Å²) in [6, 6.07) is 7.69. The summed E-state index contributed by atoms with van der Waals surface area (Å²) in [5, 5.41) is 14.3. The average Bonchev–Trinajstić information content (AvgIpc) is 2.43. The van der Waals surface area contributed by atoms with E-state index in [9.17, 15) is 9.59 Å². The molecule has 0 heterocycles. The van der Waals surface area contributed by atoms with E-state index in [4.69, 9.17) is 5.11 Å². The molecule has 1 aromatic rings. The normalized spacial score (nSPS) is 11.0. The van der Waals surface area contributed by atoms with Gasteiger partial charge in [0.1, 0.15) is 0 Å². The van der Waals surface area contributed by atoms with Crippen LogP contribution < -0.4 is 10.6 Å². The molecular weight excluding hydrogens is 268 g/mol. The number of amides is 2. The van der Waals surface area contributed by atoms with Gasteiger partial charge >= 0.3 is 12.0 Å². The maximum Gasteiger partial charge on any atom is 0.315 e. The fourth-order valence-electron chi connectivity index (χ4n) is 2.08. The molecule has 0 aliphatic rings. The molecule has 0 aliphatic heterocycles. The van der Waals surface area contributed by atoms with Crippen molar-refractivity contribution in [2.45, 2.75) is 52.1 Å². The highest BCUT2D eigenvalue weighted by molar-refractivity contribution is 5.75. The summed E-state index contributed by atoms with van der Waals surface area (Å²) in [5.41, 5.74) is 1.76. The van der Waals surface area contributed by atoms with Gasteiger partial charge in [-0.15, -0.1) is 0 Å². The first-order chi connectivity index (χ1) is 9.84. The Bertz CT molecular complexity index is 498. The van der Waals surface area contributed by atoms with E-state index >= 15 is 0 Å². The maximum atomic E-state index is 11.9. The highest BCUT2D eigenvalue weighted by Gasteiger charge is 2.21. The molecule has 0 fully saturated rings. The van der Waals surface area contributed by atoms with Gasteiger partial charge in [0.15, 0.2) is 0 Å². The zero-order chi connectivity index (χ0) is 15.9. The summed E-state index contributed by atoms with van der Waals surface area (Å²) in [6.07, 6.45) is 1.34. The van der Waals surface area contributed by atoms with Crippen LogP contribution in [0.15, 0.2) is 24.3 Å². The minimum absolute atomic E-state index is 0.0337. The Hall–Kier alpha value is -2.04. The molecular formula is C16H24N2O3. The molecule has 0 atom stereocenters. The van der Waals surface area contributed by atoms with Crippen molar-refractivity contribution in [3.63, 3.8) is 0 Å². The first-order valence-corrected chi connectivity index (χ1v) is 7.18. The molecule has 0 saturated heterocycles. The van der Waals surface area contributed by atoms with Crippen molar-refractivity contribution in [3.8, 4) is 0 Å². The SMILES string of the molecule is CCc1ccccc1CNC(=O)NC(C)(C)CCC(=O)O. The van der Waals surface area contributed by atoms with Crippen LogP contribution in [0.4, 0.5) is 4.79 Å². The molecule has 0 aromatic heterocycles. The summed E-state index contributed by atoms with van der Waals surface area (Å²) >= 11 is 0. The van der Waals surface area contributed by atoms with E-state index in [2.05, 4.69) is 17.6 Å². The van der Waals surface area contributed by atoms with Gasteiger partial charge in [0.2, 0.25) is 0 Å². The van der Waals surface area contributed by atoms with Crippen LogP contribution in [-0.4, -0.2) is 22.6 Å². The number of hydrogen-bond donors (Lipinski definition) is 3. The number of carboxylic acids is 1. The maximum absolute atomic E-state index is 11.9. The molecule has 1 aromatic carbocycles. The zero-order valence-corrected chi connectivity index (χ0v) is 12.9. The van der Waals surface area contributed by atoms with Gasteiger partial charge in [0.05, 0.1) is 0 Å². The molecule has 2 amide bonds. The highest BCUT2D eigenvalue weighted by Crippen LogP contribution is 2.12. The number of carbonyl (C=O) groups is 2. The number of benzene rings is 1. The van der Waals surface area contributed by atoms with Crippen LogP contribution in [0.5, 0.6) is 0 Å². The Labute approximate surface area is 125 Å². The lowest BCUT2D eigenvalue weighted by atomic mass is 9.99. The summed E-state index contributed by atoms with van der Waals surface area (Å²) in [7, 11) is 0. The van der Waals surface area contributed by atoms with E-state index in [0.29, 0.717) is 13.0 Å². The minimum atomic E-state index is -0.859. The van der Waals surface area contributed by atoms with E-state index in [1.54, 1.807) is 0 Å². The van der Waals surface area contributed by atoms with Crippen molar-refractivity contribution in [2.24, 2.45) is 0 Å². The van der Waals surface area contributed by atoms with E-state index in [1.807, 2.05) is 38.1 Å². The standard InChI is InChI=1S/C16H24N2O3/c1-4-12-7-5-6-8-13(12)11-17-15(21)18-16(2,3)10-9-14(19)20/h5-8H,4,9-11H2,1-3H3,(H,19,20)(H2,17,18,21). The van der Waals surface area contributed by atoms with Crippen LogP contribution in [-0.2, 0) is 17.8 Å². The number of aryl methyl sites for hydroxylation is 1. The molecule has 21 heavy (non-hydrogen) atoms. The molecule has 0 bridgehead atoms. The minimum Gasteiger partial charge on any atom is -0.481 e. The first kappa shape index (κ1) is 17.0. The highest BCUT2D eigenvalue weighted by atomic mass is 16.4. The van der Waals surface area contributed by atoms with Gasteiger partial charge < -0.3 is 15.7 Å². The van der Waals surface area contributed by atoms with Crippen LogP contribution in [0.1, 0.15) is 44.7 Å². The van der Waals surface area contributed by atoms with Gasteiger partial charge in [-0.1, -0.05) is 31.2 Å². The predicted octanol–water partition coefficient (Wildman–Crippen LogP) is 2.69. The van der Waals surface area contributed by atoms with E-state index in [0.717, 1.165) is 12.0 Å². The van der Waals surface area contributed by atoms with Crippen LogP contribution in [0.25, 0.3) is 0 Å². The van der Waals surface area contributed by atoms with E-state index in [1.165, 1.54) is 5.56 Å². The van der Waals surface area contributed by atoms with Crippen LogP contribution in [0.2, 0.25) is 0 Å². The number of hydrogen-bond acceptors (Lipinski definition) is 2. The topological polar surface area (TPSA) is 78.4 Å². The summed E-state index contributed by atoms with van der Waals surface area (Å²) in [4.78, 5) is 22.5. The summed E-state index contributed by atoms with van der Waals surface area (Å²) in [5.74, 6) is -0.859. The quantitative estimate of drug-likeness (QED) is 0.723. The van der Waals surface area contributed by atoms with Gasteiger partial charge in [0.25, 0.3) is 0 Å². The van der Waals surface area contributed by atoms with Crippen LogP contribution in [0, 0.1) is 0 Å². The number of aliphatic carboxylic acids is 1. The third-order valence-corrected chi connectivity index (χ3v) is 3.35. The van der Waals surface area contributed by atoms with Gasteiger partial charge in [0, 0.05) is 18.5 Å². The molecule has 0 radical (unpaired) electrons. The second-order valence-corrected chi connectivity index (χ2v) is 5.71. The smallest absolute Gasteiger partial charge is 0.315 e. The third kappa shape index (κ3) is 6.29. The molecule has 0 spiro atoms. The van der Waals surface area contributed by atoms with Gasteiger partial charge in [-0.25, -0.2) is 4.79 Å². The molecule has 0 saturated carbocycles. The summed E-state index contributed by atoms with van der Waals surface area (Å²) in [6.45, 7) is 6.17. The number of nitrogens with one attached hydrogen (secondary N) is 2. The molecule has 5 nitrogen and oxygen atoms in total. The van der Waals surface area contributed by atoms with Gasteiger partial charge in [-0.2, -0.15) is 0 Å². The van der Waals surface area contributed by atoms with Crippen molar-refractivity contribution in [2.75, 3.05) is 0 Å². The second-order valence-electron chi connectivity index (χ2n) is 5.71. The Morgan fingerprint density at radius 1 is 1.19 bits per heavy atom. The fraction of sp³-hybridized carbons (Fsp3) is 0.500. The van der Waals surface area contributed by atoms with Crippen molar-refractivity contribution in [1.82, 2.24) is 10.6 Å². The lowest BCUT2D eigenvalue weighted by Crippen LogP contribution is -2.48.